The minimum Gasteiger partial charge on any atom is -0.490 e. The summed E-state index contributed by atoms with van der Waals surface area (Å²) < 4.78 is 7.69. The Morgan fingerprint density at radius 3 is 2.58 bits per heavy atom. The SMILES string of the molecule is COc1cc(-n2nc(C)c(Br)c2C)ccc1[N+](=O)[O-]. The van der Waals surface area contributed by atoms with Gasteiger partial charge in [0.05, 0.1) is 33.6 Å². The number of aromatic nitrogens is 2. The molecule has 0 N–H and O–H groups in total. The maximum atomic E-state index is 10.8. The van der Waals surface area contributed by atoms with Gasteiger partial charge in [-0.3, -0.25) is 10.1 Å². The maximum absolute atomic E-state index is 10.8. The van der Waals surface area contributed by atoms with Gasteiger partial charge in [0.2, 0.25) is 0 Å². The van der Waals surface area contributed by atoms with Gasteiger partial charge in [-0.2, -0.15) is 5.10 Å². The Morgan fingerprint density at radius 1 is 1.42 bits per heavy atom. The van der Waals surface area contributed by atoms with Crippen molar-refractivity contribution in [3.8, 4) is 11.4 Å². The fraction of sp³-hybridized carbons (Fsp3) is 0.250. The summed E-state index contributed by atoms with van der Waals surface area (Å²) >= 11 is 3.45. The number of halogens is 1. The number of nitro groups is 1. The molecule has 6 nitrogen and oxygen atoms in total. The molecule has 0 amide bonds. The second kappa shape index (κ2) is 5.00. The van der Waals surface area contributed by atoms with E-state index in [9.17, 15) is 10.1 Å². The summed E-state index contributed by atoms with van der Waals surface area (Å²) in [6.07, 6.45) is 0. The fourth-order valence-electron chi connectivity index (χ4n) is 1.82. The highest BCUT2D eigenvalue weighted by atomic mass is 79.9. The molecule has 0 saturated heterocycles. The topological polar surface area (TPSA) is 70.2 Å². The Labute approximate surface area is 118 Å². The highest BCUT2D eigenvalue weighted by Crippen LogP contribution is 2.30. The summed E-state index contributed by atoms with van der Waals surface area (Å²) in [5, 5.41) is 15.2. The van der Waals surface area contributed by atoms with E-state index in [2.05, 4.69) is 21.0 Å². The predicted octanol–water partition coefficient (Wildman–Crippen LogP) is 3.17. The van der Waals surface area contributed by atoms with E-state index in [4.69, 9.17) is 4.74 Å². The van der Waals surface area contributed by atoms with E-state index in [1.807, 2.05) is 13.8 Å². The van der Waals surface area contributed by atoms with Crippen LogP contribution in [0.5, 0.6) is 5.75 Å². The monoisotopic (exact) mass is 325 g/mol. The number of aryl methyl sites for hydroxylation is 1. The minimum atomic E-state index is -0.472. The van der Waals surface area contributed by atoms with Crippen LogP contribution in [0.1, 0.15) is 11.4 Å². The third-order valence-corrected chi connectivity index (χ3v) is 3.96. The number of nitro benzene ring substituents is 1. The number of benzene rings is 1. The molecule has 1 aromatic heterocycles. The Kier molecular flexibility index (Phi) is 3.57. The smallest absolute Gasteiger partial charge is 0.311 e. The Bertz CT molecular complexity index is 652. The molecule has 0 fully saturated rings. The Balaban J connectivity index is 2.58. The normalized spacial score (nSPS) is 10.5. The lowest BCUT2D eigenvalue weighted by Gasteiger charge is -2.07. The van der Waals surface area contributed by atoms with Crippen LogP contribution in [0.3, 0.4) is 0 Å². The van der Waals surface area contributed by atoms with E-state index in [1.165, 1.54) is 13.2 Å². The molecule has 0 aliphatic carbocycles. The number of methoxy groups -OCH3 is 1. The van der Waals surface area contributed by atoms with E-state index in [1.54, 1.807) is 16.8 Å². The molecule has 2 aromatic rings. The van der Waals surface area contributed by atoms with Crippen molar-refractivity contribution in [2.45, 2.75) is 13.8 Å². The van der Waals surface area contributed by atoms with Gasteiger partial charge in [-0.25, -0.2) is 4.68 Å². The van der Waals surface area contributed by atoms with Crippen molar-refractivity contribution >= 4 is 21.6 Å². The van der Waals surface area contributed by atoms with E-state index in [0.29, 0.717) is 5.69 Å². The van der Waals surface area contributed by atoms with Crippen LogP contribution < -0.4 is 4.74 Å². The Hall–Kier alpha value is -1.89. The lowest BCUT2D eigenvalue weighted by Crippen LogP contribution is -2.01. The molecule has 0 spiro atoms. The van der Waals surface area contributed by atoms with Crippen molar-refractivity contribution in [2.24, 2.45) is 0 Å². The molecule has 0 saturated carbocycles. The Morgan fingerprint density at radius 2 is 2.11 bits per heavy atom. The largest absolute Gasteiger partial charge is 0.490 e. The second-order valence-electron chi connectivity index (χ2n) is 4.01. The molecular weight excluding hydrogens is 314 g/mol. The van der Waals surface area contributed by atoms with E-state index in [-0.39, 0.29) is 11.4 Å². The third-order valence-electron chi connectivity index (χ3n) is 2.81. The summed E-state index contributed by atoms with van der Waals surface area (Å²) in [5.41, 5.74) is 2.43. The zero-order valence-corrected chi connectivity index (χ0v) is 12.3. The van der Waals surface area contributed by atoms with Crippen molar-refractivity contribution in [3.63, 3.8) is 0 Å². The molecular formula is C12H12BrN3O3. The van der Waals surface area contributed by atoms with Crippen molar-refractivity contribution in [1.82, 2.24) is 9.78 Å². The first-order valence-corrected chi connectivity index (χ1v) is 6.29. The zero-order chi connectivity index (χ0) is 14.2. The van der Waals surface area contributed by atoms with Crippen LogP contribution in [0, 0.1) is 24.0 Å². The second-order valence-corrected chi connectivity index (χ2v) is 4.80. The van der Waals surface area contributed by atoms with Crippen molar-refractivity contribution in [2.75, 3.05) is 7.11 Å². The van der Waals surface area contributed by atoms with Gasteiger partial charge < -0.3 is 4.74 Å². The predicted molar refractivity (Wildman–Crippen MR) is 73.9 cm³/mol. The van der Waals surface area contributed by atoms with Crippen molar-refractivity contribution in [1.29, 1.82) is 0 Å². The van der Waals surface area contributed by atoms with Gasteiger partial charge in [-0.05, 0) is 35.8 Å². The van der Waals surface area contributed by atoms with E-state index in [0.717, 1.165) is 15.9 Å². The van der Waals surface area contributed by atoms with Crippen LogP contribution in [0.15, 0.2) is 22.7 Å². The molecule has 1 aromatic carbocycles. The lowest BCUT2D eigenvalue weighted by atomic mass is 10.2. The van der Waals surface area contributed by atoms with Gasteiger partial charge in [0.25, 0.3) is 0 Å². The van der Waals surface area contributed by atoms with Crippen LogP contribution >= 0.6 is 15.9 Å². The lowest BCUT2D eigenvalue weighted by molar-refractivity contribution is -0.385. The highest BCUT2D eigenvalue weighted by molar-refractivity contribution is 9.10. The summed E-state index contributed by atoms with van der Waals surface area (Å²) in [5.74, 6) is 0.214. The average molecular weight is 326 g/mol. The molecule has 19 heavy (non-hydrogen) atoms. The average Bonchev–Trinajstić information content (AvgIpc) is 2.65. The first-order chi connectivity index (χ1) is 8.95. The molecule has 2 rings (SSSR count). The molecule has 0 radical (unpaired) electrons. The number of ether oxygens (including phenoxy) is 1. The summed E-state index contributed by atoms with van der Waals surface area (Å²) in [4.78, 5) is 10.4. The molecule has 0 aliphatic rings. The molecule has 100 valence electrons. The molecule has 7 heteroatoms. The third kappa shape index (κ3) is 2.33. The first-order valence-electron chi connectivity index (χ1n) is 5.50. The van der Waals surface area contributed by atoms with E-state index < -0.39 is 4.92 Å². The highest BCUT2D eigenvalue weighted by Gasteiger charge is 2.17. The molecule has 0 unspecified atom stereocenters. The number of hydrogen-bond donors (Lipinski definition) is 0. The van der Waals surface area contributed by atoms with Gasteiger partial charge in [0.1, 0.15) is 0 Å². The van der Waals surface area contributed by atoms with Crippen molar-refractivity contribution < 1.29 is 9.66 Å². The van der Waals surface area contributed by atoms with E-state index >= 15 is 0 Å². The van der Waals surface area contributed by atoms with Gasteiger partial charge in [-0.1, -0.05) is 0 Å². The standard InChI is InChI=1S/C12H12BrN3O3/c1-7-12(13)8(2)15(14-7)9-4-5-10(16(17)18)11(6-9)19-3/h4-6H,1-3H3. The number of hydrogen-bond acceptors (Lipinski definition) is 4. The zero-order valence-electron chi connectivity index (χ0n) is 10.7. The molecule has 1 heterocycles. The van der Waals surface area contributed by atoms with Gasteiger partial charge >= 0.3 is 5.69 Å². The van der Waals surface area contributed by atoms with Gasteiger partial charge in [0.15, 0.2) is 5.75 Å². The molecule has 0 aliphatic heterocycles. The quantitative estimate of drug-likeness (QED) is 0.642. The van der Waals surface area contributed by atoms with Crippen LogP contribution in [-0.4, -0.2) is 21.8 Å². The van der Waals surface area contributed by atoms with Crippen LogP contribution in [0.25, 0.3) is 5.69 Å². The molecule has 0 bridgehead atoms. The minimum absolute atomic E-state index is 0.0631. The summed E-state index contributed by atoms with van der Waals surface area (Å²) in [6, 6.07) is 4.66. The first kappa shape index (κ1) is 13.5. The van der Waals surface area contributed by atoms with Gasteiger partial charge in [-0.15, -0.1) is 0 Å². The van der Waals surface area contributed by atoms with Gasteiger partial charge in [0, 0.05) is 12.1 Å². The summed E-state index contributed by atoms with van der Waals surface area (Å²) in [6.45, 7) is 3.80. The maximum Gasteiger partial charge on any atom is 0.311 e. The van der Waals surface area contributed by atoms with Crippen LogP contribution in [0.2, 0.25) is 0 Å². The van der Waals surface area contributed by atoms with Crippen molar-refractivity contribution in [3.05, 3.63) is 44.2 Å². The summed E-state index contributed by atoms with van der Waals surface area (Å²) in [7, 11) is 1.41. The number of rotatable bonds is 3. The molecule has 0 atom stereocenters. The van der Waals surface area contributed by atoms with Crippen LogP contribution in [0.4, 0.5) is 5.69 Å². The van der Waals surface area contributed by atoms with Crippen LogP contribution in [-0.2, 0) is 0 Å². The number of nitrogens with zero attached hydrogens (tertiary/aromatic N) is 3. The fourth-order valence-corrected chi connectivity index (χ4v) is 2.07.